The predicted octanol–water partition coefficient (Wildman–Crippen LogP) is 2.95. The summed E-state index contributed by atoms with van der Waals surface area (Å²) in [5, 5.41) is 3.86. The van der Waals surface area contributed by atoms with Gasteiger partial charge in [-0.3, -0.25) is 9.78 Å². The van der Waals surface area contributed by atoms with Crippen LogP contribution in [-0.2, 0) is 6.42 Å². The third-order valence-corrected chi connectivity index (χ3v) is 5.38. The number of rotatable bonds is 4. The van der Waals surface area contributed by atoms with Crippen molar-refractivity contribution in [1.82, 2.24) is 9.97 Å². The third kappa shape index (κ3) is 4.00. The van der Waals surface area contributed by atoms with Gasteiger partial charge >= 0.3 is 0 Å². The number of aromatic nitrogens is 2. The van der Waals surface area contributed by atoms with Gasteiger partial charge in [0.1, 0.15) is 0 Å². The summed E-state index contributed by atoms with van der Waals surface area (Å²) >= 11 is 0. The molecular formula is C22H26N6O. The van der Waals surface area contributed by atoms with Gasteiger partial charge in [0.15, 0.2) is 5.69 Å². The summed E-state index contributed by atoms with van der Waals surface area (Å²) in [5.74, 6) is -0.346. The number of nitrogen functional groups attached to an aromatic ring is 1. The number of anilines is 3. The Kier molecular flexibility index (Phi) is 5.31. The van der Waals surface area contributed by atoms with Crippen molar-refractivity contribution >= 4 is 33.9 Å². The summed E-state index contributed by atoms with van der Waals surface area (Å²) in [5.41, 5.74) is 16.3. The largest absolute Gasteiger partial charge is 0.397 e. The highest BCUT2D eigenvalue weighted by molar-refractivity contribution is 6.09. The third-order valence-electron chi connectivity index (χ3n) is 5.38. The highest BCUT2D eigenvalue weighted by Crippen LogP contribution is 2.28. The summed E-state index contributed by atoms with van der Waals surface area (Å²) in [4.78, 5) is 23.9. The van der Waals surface area contributed by atoms with Gasteiger partial charge < -0.3 is 21.7 Å². The molecule has 7 nitrogen and oxygen atoms in total. The van der Waals surface area contributed by atoms with E-state index in [0.717, 1.165) is 54.5 Å². The number of carbonyl (C=O) groups is 1. The Morgan fingerprint density at radius 3 is 2.97 bits per heavy atom. The summed E-state index contributed by atoms with van der Waals surface area (Å²) in [6.07, 6.45) is 6.32. The van der Waals surface area contributed by atoms with Crippen molar-refractivity contribution in [2.75, 3.05) is 29.0 Å². The van der Waals surface area contributed by atoms with Crippen LogP contribution in [0.2, 0.25) is 0 Å². The maximum Gasteiger partial charge on any atom is 0.276 e. The summed E-state index contributed by atoms with van der Waals surface area (Å²) in [7, 11) is 0. The molecule has 2 aromatic heterocycles. The van der Waals surface area contributed by atoms with Gasteiger partial charge in [0, 0.05) is 30.7 Å². The Morgan fingerprint density at radius 1 is 1.31 bits per heavy atom. The topological polar surface area (TPSA) is 110 Å². The van der Waals surface area contributed by atoms with E-state index in [4.69, 9.17) is 11.5 Å². The van der Waals surface area contributed by atoms with Crippen molar-refractivity contribution in [3.8, 4) is 0 Å². The molecule has 0 saturated carbocycles. The molecule has 0 aliphatic carbocycles. The number of piperidine rings is 1. The zero-order valence-electron chi connectivity index (χ0n) is 16.6. The van der Waals surface area contributed by atoms with E-state index in [2.05, 4.69) is 33.2 Å². The molecular weight excluding hydrogens is 364 g/mol. The van der Waals surface area contributed by atoms with E-state index in [1.807, 2.05) is 18.2 Å². The second-order valence-corrected chi connectivity index (χ2v) is 7.50. The number of aryl methyl sites for hydroxylation is 1. The summed E-state index contributed by atoms with van der Waals surface area (Å²) in [6, 6.07) is 9.86. The lowest BCUT2D eigenvalue weighted by Crippen LogP contribution is -2.43. The fraction of sp³-hybridized carbons (Fsp3) is 0.318. The number of amides is 1. The van der Waals surface area contributed by atoms with Crippen LogP contribution < -0.4 is 21.7 Å². The van der Waals surface area contributed by atoms with Crippen LogP contribution in [0.3, 0.4) is 0 Å². The molecule has 150 valence electrons. The standard InChI is InChI=1S/C22H26N6O/c1-2-14-5-6-15-11-17(24)21(26-18(15)10-14)22(29)27-19-12-25-8-7-20(19)28-9-3-4-16(23)13-28/h5-8,10-12,16H,2-4,9,13,23-24H2,1H3,(H,27,29). The molecule has 1 aliphatic heterocycles. The number of pyridine rings is 2. The van der Waals surface area contributed by atoms with Crippen molar-refractivity contribution in [1.29, 1.82) is 0 Å². The van der Waals surface area contributed by atoms with E-state index < -0.39 is 0 Å². The number of hydrogen-bond donors (Lipinski definition) is 3. The van der Waals surface area contributed by atoms with Gasteiger partial charge in [-0.25, -0.2) is 4.98 Å². The second kappa shape index (κ2) is 8.05. The van der Waals surface area contributed by atoms with E-state index in [0.29, 0.717) is 11.4 Å². The smallest absolute Gasteiger partial charge is 0.276 e. The Labute approximate surface area is 170 Å². The number of carbonyl (C=O) groups excluding carboxylic acids is 1. The fourth-order valence-electron chi connectivity index (χ4n) is 3.80. The average Bonchev–Trinajstić information content (AvgIpc) is 2.73. The number of nitrogens with two attached hydrogens (primary N) is 2. The quantitative estimate of drug-likeness (QED) is 0.632. The zero-order valence-corrected chi connectivity index (χ0v) is 16.6. The van der Waals surface area contributed by atoms with Crippen LogP contribution in [0.25, 0.3) is 10.9 Å². The minimum absolute atomic E-state index is 0.131. The Hall–Kier alpha value is -3.19. The van der Waals surface area contributed by atoms with Crippen LogP contribution in [-0.4, -0.2) is 35.0 Å². The number of fused-ring (bicyclic) bond motifs is 1. The molecule has 1 saturated heterocycles. The van der Waals surface area contributed by atoms with E-state index in [9.17, 15) is 4.79 Å². The number of hydrogen-bond acceptors (Lipinski definition) is 6. The van der Waals surface area contributed by atoms with Gasteiger partial charge in [0.05, 0.1) is 28.8 Å². The number of benzene rings is 1. The number of nitrogens with one attached hydrogen (secondary N) is 1. The summed E-state index contributed by atoms with van der Waals surface area (Å²) < 4.78 is 0. The highest BCUT2D eigenvalue weighted by atomic mass is 16.1. The molecule has 3 aromatic rings. The maximum atomic E-state index is 13.0. The van der Waals surface area contributed by atoms with Gasteiger partial charge in [-0.15, -0.1) is 0 Å². The lowest BCUT2D eigenvalue weighted by Gasteiger charge is -2.33. The first-order chi connectivity index (χ1) is 14.0. The lowest BCUT2D eigenvalue weighted by atomic mass is 10.1. The van der Waals surface area contributed by atoms with Gasteiger partial charge in [-0.05, 0) is 43.0 Å². The average molecular weight is 390 g/mol. The van der Waals surface area contributed by atoms with E-state index in [1.54, 1.807) is 18.5 Å². The first kappa shape index (κ1) is 19.1. The second-order valence-electron chi connectivity index (χ2n) is 7.50. The zero-order chi connectivity index (χ0) is 20.4. The predicted molar refractivity (Wildman–Crippen MR) is 117 cm³/mol. The molecule has 1 atom stereocenters. The molecule has 1 aromatic carbocycles. The molecule has 1 aliphatic rings. The van der Waals surface area contributed by atoms with Gasteiger partial charge in [0.25, 0.3) is 5.91 Å². The first-order valence-electron chi connectivity index (χ1n) is 10.00. The van der Waals surface area contributed by atoms with Crippen LogP contribution >= 0.6 is 0 Å². The minimum atomic E-state index is -0.346. The fourth-order valence-corrected chi connectivity index (χ4v) is 3.80. The van der Waals surface area contributed by atoms with Crippen LogP contribution in [0.15, 0.2) is 42.7 Å². The maximum absolute atomic E-state index is 13.0. The molecule has 5 N–H and O–H groups in total. The van der Waals surface area contributed by atoms with Crippen LogP contribution in [0.1, 0.15) is 35.8 Å². The van der Waals surface area contributed by atoms with E-state index >= 15 is 0 Å². The van der Waals surface area contributed by atoms with E-state index in [-0.39, 0.29) is 17.6 Å². The highest BCUT2D eigenvalue weighted by Gasteiger charge is 2.21. The van der Waals surface area contributed by atoms with Gasteiger partial charge in [0.2, 0.25) is 0 Å². The molecule has 3 heterocycles. The minimum Gasteiger partial charge on any atom is -0.397 e. The molecule has 1 fully saturated rings. The SMILES string of the molecule is CCc1ccc2cc(N)c(C(=O)Nc3cnccc3N3CCCC(N)C3)nc2c1. The molecule has 29 heavy (non-hydrogen) atoms. The molecule has 0 radical (unpaired) electrons. The Balaban J connectivity index is 1.64. The molecule has 0 bridgehead atoms. The van der Waals surface area contributed by atoms with Crippen LogP contribution in [0, 0.1) is 0 Å². The normalized spacial score (nSPS) is 16.8. The first-order valence-corrected chi connectivity index (χ1v) is 10.00. The Bertz CT molecular complexity index is 1050. The Morgan fingerprint density at radius 2 is 2.17 bits per heavy atom. The number of nitrogens with zero attached hydrogens (tertiary/aromatic N) is 3. The van der Waals surface area contributed by atoms with Crippen molar-refractivity contribution in [3.05, 3.63) is 54.0 Å². The van der Waals surface area contributed by atoms with Crippen molar-refractivity contribution in [2.24, 2.45) is 5.73 Å². The molecule has 7 heteroatoms. The monoisotopic (exact) mass is 390 g/mol. The van der Waals surface area contributed by atoms with Crippen molar-refractivity contribution in [3.63, 3.8) is 0 Å². The van der Waals surface area contributed by atoms with E-state index in [1.165, 1.54) is 0 Å². The molecule has 0 spiro atoms. The molecule has 4 rings (SSSR count). The van der Waals surface area contributed by atoms with Crippen LogP contribution in [0.5, 0.6) is 0 Å². The van der Waals surface area contributed by atoms with Gasteiger partial charge in [-0.1, -0.05) is 19.1 Å². The summed E-state index contributed by atoms with van der Waals surface area (Å²) in [6.45, 7) is 3.74. The van der Waals surface area contributed by atoms with Crippen LogP contribution in [0.4, 0.5) is 17.1 Å². The molecule has 1 unspecified atom stereocenters. The molecule has 1 amide bonds. The van der Waals surface area contributed by atoms with Gasteiger partial charge in [-0.2, -0.15) is 0 Å². The lowest BCUT2D eigenvalue weighted by molar-refractivity contribution is 0.102. The van der Waals surface area contributed by atoms with Crippen molar-refractivity contribution in [2.45, 2.75) is 32.2 Å². The van der Waals surface area contributed by atoms with Crippen molar-refractivity contribution < 1.29 is 4.79 Å².